The van der Waals surface area contributed by atoms with E-state index in [1.165, 1.54) is 11.5 Å². The van der Waals surface area contributed by atoms with Crippen molar-refractivity contribution in [3.63, 3.8) is 0 Å². The van der Waals surface area contributed by atoms with Crippen molar-refractivity contribution in [2.24, 2.45) is 0 Å². The van der Waals surface area contributed by atoms with E-state index >= 15 is 0 Å². The average Bonchev–Trinajstić information content (AvgIpc) is 3.00. The van der Waals surface area contributed by atoms with Gasteiger partial charge in [-0.05, 0) is 79.1 Å². The van der Waals surface area contributed by atoms with Crippen LogP contribution in [0.1, 0.15) is 104 Å². The first-order valence-corrected chi connectivity index (χ1v) is 15.7. The fraction of sp³-hybridized carbons (Fsp3) is 0.800. The number of allylic oxidation sites excluding steroid dienone is 1. The Hall–Kier alpha value is -2.58. The lowest BCUT2D eigenvalue weighted by Crippen LogP contribution is -2.31. The Morgan fingerprint density at radius 1 is 0.651 bits per heavy atom. The smallest absolute Gasteiger partial charge is 0.246 e. The Bertz CT molecular complexity index is 712. The highest BCUT2D eigenvalue weighted by Gasteiger charge is 2.13. The van der Waals surface area contributed by atoms with E-state index in [9.17, 15) is 34.8 Å². The van der Waals surface area contributed by atoms with E-state index in [4.69, 9.17) is 0 Å². The van der Waals surface area contributed by atoms with Gasteiger partial charge in [0.25, 0.3) is 0 Å². The molecule has 0 aromatic rings. The summed E-state index contributed by atoms with van der Waals surface area (Å²) in [6.45, 7) is 13.0. The van der Waals surface area contributed by atoms with Gasteiger partial charge in [0.2, 0.25) is 17.7 Å². The molecule has 0 aromatic carbocycles. The van der Waals surface area contributed by atoms with Crippen LogP contribution in [-0.4, -0.2) is 108 Å². The van der Waals surface area contributed by atoms with E-state index in [-0.39, 0.29) is 44.7 Å². The summed E-state index contributed by atoms with van der Waals surface area (Å²) in [5.74, 6) is -1.20. The van der Waals surface area contributed by atoms with Gasteiger partial charge >= 0.3 is 0 Å². The molecule has 0 saturated carbocycles. The number of hydrogen-bond acceptors (Lipinski definition) is 10. The number of hydrogen-bond donors (Lipinski definition) is 6. The number of aldehydes is 1. The van der Waals surface area contributed by atoms with Gasteiger partial charge in [-0.15, -0.1) is 0 Å². The normalized spacial score (nSPS) is 9.95. The quantitative estimate of drug-likeness (QED) is 0.0385. The molecule has 0 radical (unpaired) electrons. The van der Waals surface area contributed by atoms with Gasteiger partial charge in [0.1, 0.15) is 6.29 Å². The highest BCUT2D eigenvalue weighted by molar-refractivity contribution is 5.83. The monoisotopic (exact) mass is 618 g/mol. The lowest BCUT2D eigenvalue weighted by atomic mass is 10.2. The Morgan fingerprint density at radius 2 is 1.07 bits per heavy atom. The van der Waals surface area contributed by atoms with E-state index < -0.39 is 11.8 Å². The molecule has 0 aliphatic carbocycles. The summed E-state index contributed by atoms with van der Waals surface area (Å²) in [6.07, 6.45) is 8.58. The van der Waals surface area contributed by atoms with Crippen LogP contribution >= 0.6 is 0 Å². The van der Waals surface area contributed by atoms with Crippen molar-refractivity contribution in [1.29, 1.82) is 0 Å². The van der Waals surface area contributed by atoms with Crippen LogP contribution in [-0.2, 0) is 19.2 Å². The predicted octanol–water partition coefficient (Wildman–Crippen LogP) is 3.48. The van der Waals surface area contributed by atoms with Gasteiger partial charge < -0.3 is 20.7 Å². The second kappa shape index (κ2) is 33.9. The third-order valence-corrected chi connectivity index (χ3v) is 6.02. The molecule has 43 heavy (non-hydrogen) atoms. The molecule has 254 valence electrons. The number of rotatable bonds is 25. The number of carbonyl (C=O) groups excluding carboxylic acids is 4. The molecular weight excluding hydrogens is 556 g/mol. The standard InChI is InChI=1S/C19H36N4O6.C9H20N2O.C2H6/c1-20-12-4-2-6-15-23(29)19(27)11-10-17(25)21-13-5-3-7-14-22(28)18(26)9-8-16-24;1-9(2)11(12)8-6-4-5-7-10-3;1-2/h16,20,28-29H,2-15H2,1H3,(H,21,25);10,12H,1,4-8H2,2-3H3;1-2H3. The van der Waals surface area contributed by atoms with E-state index in [0.29, 0.717) is 60.9 Å². The third-order valence-electron chi connectivity index (χ3n) is 6.02. The van der Waals surface area contributed by atoms with Crippen LogP contribution in [0, 0.1) is 0 Å². The van der Waals surface area contributed by atoms with Crippen LogP contribution in [0.3, 0.4) is 0 Å². The molecule has 0 spiro atoms. The molecule has 0 heterocycles. The predicted molar refractivity (Wildman–Crippen MR) is 169 cm³/mol. The molecule has 0 aromatic heterocycles. The number of amides is 3. The lowest BCUT2D eigenvalue weighted by molar-refractivity contribution is -0.166. The third kappa shape index (κ3) is 32.2. The number of unbranched alkanes of at least 4 members (excludes halogenated alkanes) is 6. The largest absolute Gasteiger partial charge is 0.356 e. The van der Waals surface area contributed by atoms with Crippen molar-refractivity contribution in [3.05, 3.63) is 12.3 Å². The topological polar surface area (TPSA) is 175 Å². The second-order valence-corrected chi connectivity index (χ2v) is 9.84. The zero-order valence-corrected chi connectivity index (χ0v) is 27.5. The summed E-state index contributed by atoms with van der Waals surface area (Å²) in [5, 5.41) is 39.7. The zero-order valence-electron chi connectivity index (χ0n) is 27.5. The lowest BCUT2D eigenvalue weighted by Gasteiger charge is -2.15. The SMILES string of the molecule is C=C(C)N(O)CCCCCNC.CC.CNCCCCCN(O)C(=O)CCC(=O)NCCCCCN(O)C(=O)CCC=O. The summed E-state index contributed by atoms with van der Waals surface area (Å²) in [5.41, 5.74) is 0.712. The Labute approximate surface area is 259 Å². The molecule has 0 unspecified atom stereocenters. The van der Waals surface area contributed by atoms with E-state index in [0.717, 1.165) is 38.8 Å². The molecule has 0 saturated heterocycles. The molecular formula is C30H62N6O7. The summed E-state index contributed by atoms with van der Waals surface area (Å²) < 4.78 is 0. The maximum Gasteiger partial charge on any atom is 0.246 e. The number of carbonyl (C=O) groups is 4. The first kappa shape index (κ1) is 44.9. The number of nitrogens with zero attached hydrogens (tertiary/aromatic N) is 3. The van der Waals surface area contributed by atoms with Gasteiger partial charge in [0.15, 0.2) is 0 Å². The highest BCUT2D eigenvalue weighted by Crippen LogP contribution is 2.03. The molecule has 13 nitrogen and oxygen atoms in total. The summed E-state index contributed by atoms with van der Waals surface area (Å²) in [6, 6.07) is 0. The Morgan fingerprint density at radius 3 is 1.49 bits per heavy atom. The van der Waals surface area contributed by atoms with Gasteiger partial charge in [0.05, 0.1) is 0 Å². The molecule has 0 bridgehead atoms. The molecule has 13 heteroatoms. The van der Waals surface area contributed by atoms with E-state index in [1.807, 2.05) is 27.9 Å². The van der Waals surface area contributed by atoms with Gasteiger partial charge in [-0.2, -0.15) is 0 Å². The summed E-state index contributed by atoms with van der Waals surface area (Å²) >= 11 is 0. The number of nitrogens with one attached hydrogen (secondary N) is 3. The van der Waals surface area contributed by atoms with Crippen molar-refractivity contribution in [2.75, 3.05) is 53.4 Å². The van der Waals surface area contributed by atoms with Gasteiger partial charge in [-0.25, -0.2) is 10.1 Å². The Balaban J connectivity index is -0.000000952. The van der Waals surface area contributed by atoms with Crippen LogP contribution in [0.4, 0.5) is 0 Å². The maximum atomic E-state index is 11.8. The molecule has 6 N–H and O–H groups in total. The number of hydroxylamine groups is 6. The minimum atomic E-state index is -0.481. The summed E-state index contributed by atoms with van der Waals surface area (Å²) in [7, 11) is 3.82. The zero-order chi connectivity index (χ0) is 33.3. The van der Waals surface area contributed by atoms with E-state index in [2.05, 4.69) is 22.5 Å². The van der Waals surface area contributed by atoms with Crippen molar-refractivity contribution in [1.82, 2.24) is 31.1 Å². The molecule has 0 atom stereocenters. The first-order valence-electron chi connectivity index (χ1n) is 15.7. The van der Waals surface area contributed by atoms with Crippen molar-refractivity contribution in [2.45, 2.75) is 104 Å². The minimum Gasteiger partial charge on any atom is -0.356 e. The van der Waals surface area contributed by atoms with Gasteiger partial charge in [-0.3, -0.25) is 35.1 Å². The Kier molecular flexibility index (Phi) is 35.4. The molecule has 3 amide bonds. The highest BCUT2D eigenvalue weighted by atomic mass is 16.5. The molecule has 0 rings (SSSR count). The average molecular weight is 619 g/mol. The fourth-order valence-corrected chi connectivity index (χ4v) is 3.46. The van der Waals surface area contributed by atoms with Gasteiger partial charge in [0, 0.05) is 57.6 Å². The van der Waals surface area contributed by atoms with Crippen LogP contribution in [0.2, 0.25) is 0 Å². The summed E-state index contributed by atoms with van der Waals surface area (Å²) in [4.78, 5) is 45.1. The first-order chi connectivity index (χ1) is 20.6. The van der Waals surface area contributed by atoms with Crippen molar-refractivity contribution in [3.8, 4) is 0 Å². The fourth-order valence-electron chi connectivity index (χ4n) is 3.46. The van der Waals surface area contributed by atoms with Gasteiger partial charge in [-0.1, -0.05) is 33.3 Å². The van der Waals surface area contributed by atoms with Crippen molar-refractivity contribution >= 4 is 24.0 Å². The van der Waals surface area contributed by atoms with Crippen LogP contribution in [0.25, 0.3) is 0 Å². The van der Waals surface area contributed by atoms with Crippen LogP contribution in [0.5, 0.6) is 0 Å². The molecule has 0 aliphatic heterocycles. The molecule has 0 fully saturated rings. The van der Waals surface area contributed by atoms with Crippen molar-refractivity contribution < 1.29 is 34.8 Å². The van der Waals surface area contributed by atoms with E-state index in [1.54, 1.807) is 6.92 Å². The second-order valence-electron chi connectivity index (χ2n) is 9.84. The van der Waals surface area contributed by atoms with Crippen LogP contribution in [0.15, 0.2) is 12.3 Å². The minimum absolute atomic E-state index is 0.00359. The molecule has 0 aliphatic rings. The maximum absolute atomic E-state index is 11.8. The van der Waals surface area contributed by atoms with Crippen LogP contribution < -0.4 is 16.0 Å².